The van der Waals surface area contributed by atoms with Crippen LogP contribution in [-0.4, -0.2) is 36.7 Å². The number of thiocarbonyl (C=S) groups is 1. The van der Waals surface area contributed by atoms with Gasteiger partial charge < -0.3 is 14.4 Å². The Bertz CT molecular complexity index is 915. The molecular weight excluding hydrogens is 475 g/mol. The zero-order chi connectivity index (χ0) is 19.6. The lowest BCUT2D eigenvalue weighted by molar-refractivity contribution is -0.114. The van der Waals surface area contributed by atoms with Crippen molar-refractivity contribution in [3.8, 4) is 11.5 Å². The molecule has 1 saturated heterocycles. The van der Waals surface area contributed by atoms with Crippen molar-refractivity contribution in [1.29, 1.82) is 0 Å². The number of amides is 1. The monoisotopic (exact) mass is 494 g/mol. The van der Waals surface area contributed by atoms with Gasteiger partial charge in [0.1, 0.15) is 5.70 Å². The van der Waals surface area contributed by atoms with Crippen molar-refractivity contribution in [1.82, 2.24) is 4.90 Å². The fraction of sp³-hybridized carbons (Fsp3) is 0.200. The summed E-state index contributed by atoms with van der Waals surface area (Å²) >= 11 is 7.69. The van der Waals surface area contributed by atoms with Gasteiger partial charge in [-0.05, 0) is 77.6 Å². The van der Waals surface area contributed by atoms with Gasteiger partial charge in [-0.3, -0.25) is 9.69 Å². The van der Waals surface area contributed by atoms with E-state index in [1.165, 1.54) is 0 Å². The number of anilines is 1. The Labute approximate surface area is 177 Å². The molecule has 140 valence electrons. The standard InChI is InChI=1S/C20H19IN2O3S/c1-4-26-17-12-13(10-15(21)18(17)25-3)11-16-19(24)23(20(27)22(16)2)14-8-6-5-7-9-14/h5-12H,4H2,1-3H3/b16-11-. The van der Waals surface area contributed by atoms with Crippen LogP contribution in [0.25, 0.3) is 6.08 Å². The SMILES string of the molecule is CCOc1cc(/C=C2/C(=O)N(c3ccccc3)C(=S)N2C)cc(I)c1OC. The second kappa shape index (κ2) is 8.26. The molecule has 1 aliphatic rings. The van der Waals surface area contributed by atoms with Crippen molar-refractivity contribution in [2.45, 2.75) is 6.92 Å². The molecule has 1 aliphatic heterocycles. The van der Waals surface area contributed by atoms with Crippen LogP contribution in [0.5, 0.6) is 11.5 Å². The molecular formula is C20H19IN2O3S. The third-order valence-electron chi connectivity index (χ3n) is 4.12. The Morgan fingerprint density at radius 1 is 1.22 bits per heavy atom. The van der Waals surface area contributed by atoms with Crippen LogP contribution in [-0.2, 0) is 4.79 Å². The second-order valence-electron chi connectivity index (χ2n) is 5.81. The maximum atomic E-state index is 13.0. The van der Waals surface area contributed by atoms with Gasteiger partial charge in [0, 0.05) is 7.05 Å². The van der Waals surface area contributed by atoms with Crippen LogP contribution in [0, 0.1) is 3.57 Å². The van der Waals surface area contributed by atoms with Gasteiger partial charge in [-0.1, -0.05) is 18.2 Å². The van der Waals surface area contributed by atoms with Crippen LogP contribution in [0.15, 0.2) is 48.2 Å². The molecule has 0 radical (unpaired) electrons. The number of hydrogen-bond donors (Lipinski definition) is 0. The number of likely N-dealkylation sites (N-methyl/N-ethyl adjacent to an activating group) is 1. The normalized spacial score (nSPS) is 15.6. The second-order valence-corrected chi connectivity index (χ2v) is 7.34. The Hall–Kier alpha value is -2.13. The largest absolute Gasteiger partial charge is 0.492 e. The summed E-state index contributed by atoms with van der Waals surface area (Å²) in [5.74, 6) is 1.18. The molecule has 0 spiro atoms. The van der Waals surface area contributed by atoms with E-state index in [1.807, 2.05) is 55.5 Å². The van der Waals surface area contributed by atoms with Gasteiger partial charge in [0.2, 0.25) is 0 Å². The van der Waals surface area contributed by atoms with Gasteiger partial charge in [-0.25, -0.2) is 0 Å². The number of hydrogen-bond acceptors (Lipinski definition) is 4. The van der Waals surface area contributed by atoms with Crippen molar-refractivity contribution in [2.75, 3.05) is 25.7 Å². The lowest BCUT2D eigenvalue weighted by Gasteiger charge is -2.16. The van der Waals surface area contributed by atoms with Crippen molar-refractivity contribution in [2.24, 2.45) is 0 Å². The molecule has 2 aromatic carbocycles. The number of rotatable bonds is 5. The summed E-state index contributed by atoms with van der Waals surface area (Å²) in [5, 5.41) is 0.450. The maximum absolute atomic E-state index is 13.0. The summed E-state index contributed by atoms with van der Waals surface area (Å²) in [6.07, 6.45) is 1.82. The maximum Gasteiger partial charge on any atom is 0.281 e. The molecule has 1 amide bonds. The molecule has 0 atom stereocenters. The average Bonchev–Trinajstić information content (AvgIpc) is 2.86. The number of methoxy groups -OCH3 is 1. The van der Waals surface area contributed by atoms with E-state index >= 15 is 0 Å². The number of para-hydroxylation sites is 1. The minimum absolute atomic E-state index is 0.155. The van der Waals surface area contributed by atoms with E-state index < -0.39 is 0 Å². The summed E-state index contributed by atoms with van der Waals surface area (Å²) < 4.78 is 12.0. The molecule has 0 saturated carbocycles. The zero-order valence-corrected chi connectivity index (χ0v) is 18.2. The smallest absolute Gasteiger partial charge is 0.281 e. The highest BCUT2D eigenvalue weighted by Crippen LogP contribution is 2.35. The van der Waals surface area contributed by atoms with Gasteiger partial charge in [-0.2, -0.15) is 0 Å². The van der Waals surface area contributed by atoms with E-state index in [0.29, 0.717) is 28.9 Å². The van der Waals surface area contributed by atoms with E-state index in [1.54, 1.807) is 24.0 Å². The third kappa shape index (κ3) is 3.79. The number of nitrogens with zero attached hydrogens (tertiary/aromatic N) is 2. The highest BCUT2D eigenvalue weighted by Gasteiger charge is 2.36. The number of benzene rings is 2. The Morgan fingerprint density at radius 3 is 2.56 bits per heavy atom. The third-order valence-corrected chi connectivity index (χ3v) is 5.37. The Morgan fingerprint density at radius 2 is 1.93 bits per heavy atom. The first-order chi connectivity index (χ1) is 13.0. The van der Waals surface area contributed by atoms with Crippen LogP contribution < -0.4 is 14.4 Å². The molecule has 0 unspecified atom stereocenters. The van der Waals surface area contributed by atoms with Crippen LogP contribution >= 0.6 is 34.8 Å². The summed E-state index contributed by atoms with van der Waals surface area (Å²) in [6.45, 7) is 2.44. The Balaban J connectivity index is 2.02. The van der Waals surface area contributed by atoms with Gasteiger partial charge in [0.15, 0.2) is 16.6 Å². The fourth-order valence-corrected chi connectivity index (χ4v) is 3.98. The predicted octanol–water partition coefficient (Wildman–Crippen LogP) is 4.30. The highest BCUT2D eigenvalue weighted by atomic mass is 127. The average molecular weight is 494 g/mol. The lowest BCUT2D eigenvalue weighted by Crippen LogP contribution is -2.30. The number of halogens is 1. The molecule has 1 fully saturated rings. The molecule has 0 aromatic heterocycles. The van der Waals surface area contributed by atoms with Crippen molar-refractivity contribution < 1.29 is 14.3 Å². The molecule has 0 N–H and O–H groups in total. The molecule has 7 heteroatoms. The number of carbonyl (C=O) groups excluding carboxylic acids is 1. The van der Waals surface area contributed by atoms with E-state index in [0.717, 1.165) is 14.8 Å². The summed E-state index contributed by atoms with van der Waals surface area (Å²) in [7, 11) is 3.41. The van der Waals surface area contributed by atoms with Crippen LogP contribution in [0.2, 0.25) is 0 Å². The van der Waals surface area contributed by atoms with E-state index in [9.17, 15) is 4.79 Å². The van der Waals surface area contributed by atoms with E-state index in [-0.39, 0.29) is 5.91 Å². The van der Waals surface area contributed by atoms with Crippen molar-refractivity contribution in [3.63, 3.8) is 0 Å². The molecule has 2 aromatic rings. The number of ether oxygens (including phenoxy) is 2. The van der Waals surface area contributed by atoms with Gasteiger partial charge in [-0.15, -0.1) is 0 Å². The molecule has 0 bridgehead atoms. The van der Waals surface area contributed by atoms with Crippen molar-refractivity contribution in [3.05, 3.63) is 57.3 Å². The first-order valence-corrected chi connectivity index (χ1v) is 9.85. The van der Waals surface area contributed by atoms with Gasteiger partial charge in [0.05, 0.1) is 23.0 Å². The first-order valence-electron chi connectivity index (χ1n) is 8.37. The summed E-state index contributed by atoms with van der Waals surface area (Å²) in [6, 6.07) is 13.2. The zero-order valence-electron chi connectivity index (χ0n) is 15.2. The summed E-state index contributed by atoms with van der Waals surface area (Å²) in [4.78, 5) is 16.3. The number of carbonyl (C=O) groups is 1. The predicted molar refractivity (Wildman–Crippen MR) is 119 cm³/mol. The molecule has 27 heavy (non-hydrogen) atoms. The highest BCUT2D eigenvalue weighted by molar-refractivity contribution is 14.1. The van der Waals surface area contributed by atoms with E-state index in [2.05, 4.69) is 22.6 Å². The van der Waals surface area contributed by atoms with Crippen LogP contribution in [0.3, 0.4) is 0 Å². The molecule has 0 aliphatic carbocycles. The van der Waals surface area contributed by atoms with Crippen LogP contribution in [0.1, 0.15) is 12.5 Å². The first kappa shape index (κ1) is 19.6. The molecule has 3 rings (SSSR count). The molecule has 5 nitrogen and oxygen atoms in total. The summed E-state index contributed by atoms with van der Waals surface area (Å²) in [5.41, 5.74) is 2.10. The Kier molecular flexibility index (Phi) is 6.01. The van der Waals surface area contributed by atoms with Crippen molar-refractivity contribution >= 4 is 57.6 Å². The van der Waals surface area contributed by atoms with Gasteiger partial charge in [0.25, 0.3) is 5.91 Å². The minimum atomic E-state index is -0.155. The quantitative estimate of drug-likeness (QED) is 0.352. The minimum Gasteiger partial charge on any atom is -0.492 e. The van der Waals surface area contributed by atoms with Crippen LogP contribution in [0.4, 0.5) is 5.69 Å². The topological polar surface area (TPSA) is 42.0 Å². The van der Waals surface area contributed by atoms with Gasteiger partial charge >= 0.3 is 0 Å². The lowest BCUT2D eigenvalue weighted by atomic mass is 10.1. The molecule has 1 heterocycles. The van der Waals surface area contributed by atoms with E-state index in [4.69, 9.17) is 21.7 Å². The fourth-order valence-electron chi connectivity index (χ4n) is 2.85.